The van der Waals surface area contributed by atoms with Crippen molar-refractivity contribution < 1.29 is 24.2 Å². The first kappa shape index (κ1) is 22.9. The maximum Gasteiger partial charge on any atom is 0.301 e. The monoisotopic (exact) mass is 506 g/mol. The van der Waals surface area contributed by atoms with Gasteiger partial charge in [-0.3, -0.25) is 14.5 Å². The van der Waals surface area contributed by atoms with Crippen LogP contribution in [0.2, 0.25) is 5.02 Å². The number of ether oxygens (including phenoxy) is 2. The molecule has 0 aliphatic carbocycles. The Hall–Kier alpha value is -3.88. The zero-order valence-electron chi connectivity index (χ0n) is 18.7. The molecule has 9 heteroatoms. The average Bonchev–Trinajstić information content (AvgIpc) is 3.41. The summed E-state index contributed by atoms with van der Waals surface area (Å²) in [6, 6.07) is 18.0. The van der Waals surface area contributed by atoms with Gasteiger partial charge < -0.3 is 14.6 Å². The second kappa shape index (κ2) is 9.05. The fraction of sp³-hybridized carbons (Fsp3) is 0.115. The molecule has 1 aliphatic rings. The number of ketones is 1. The van der Waals surface area contributed by atoms with Crippen LogP contribution in [-0.2, 0) is 9.59 Å². The molecule has 1 atom stereocenters. The molecule has 35 heavy (non-hydrogen) atoms. The minimum atomic E-state index is -0.928. The molecule has 176 valence electrons. The molecule has 3 aromatic carbocycles. The van der Waals surface area contributed by atoms with Crippen LogP contribution in [0.3, 0.4) is 0 Å². The van der Waals surface area contributed by atoms with Gasteiger partial charge in [-0.15, -0.1) is 0 Å². The second-order valence-corrected chi connectivity index (χ2v) is 9.23. The highest BCUT2D eigenvalue weighted by Gasteiger charge is 2.48. The minimum Gasteiger partial charge on any atom is -0.507 e. The number of rotatable bonds is 5. The van der Waals surface area contributed by atoms with Crippen molar-refractivity contribution in [1.82, 2.24) is 4.98 Å². The predicted molar refractivity (Wildman–Crippen MR) is 135 cm³/mol. The van der Waals surface area contributed by atoms with Crippen molar-refractivity contribution in [2.75, 3.05) is 19.1 Å². The van der Waals surface area contributed by atoms with Gasteiger partial charge in [0.05, 0.1) is 36.1 Å². The van der Waals surface area contributed by atoms with Crippen LogP contribution in [0.25, 0.3) is 16.0 Å². The van der Waals surface area contributed by atoms with Crippen molar-refractivity contribution in [3.05, 3.63) is 88.5 Å². The number of methoxy groups -OCH3 is 2. The van der Waals surface area contributed by atoms with Crippen molar-refractivity contribution in [1.29, 1.82) is 0 Å². The molecule has 1 amide bonds. The van der Waals surface area contributed by atoms with E-state index < -0.39 is 17.7 Å². The van der Waals surface area contributed by atoms with E-state index in [1.807, 2.05) is 6.07 Å². The molecule has 0 saturated carbocycles. The zero-order valence-corrected chi connectivity index (χ0v) is 20.3. The number of aliphatic hydroxyl groups excluding tert-OH is 1. The topological polar surface area (TPSA) is 89.0 Å². The van der Waals surface area contributed by atoms with Gasteiger partial charge in [0.15, 0.2) is 5.13 Å². The van der Waals surface area contributed by atoms with Gasteiger partial charge in [0, 0.05) is 10.6 Å². The van der Waals surface area contributed by atoms with Crippen LogP contribution in [0.5, 0.6) is 11.5 Å². The Morgan fingerprint density at radius 3 is 2.49 bits per heavy atom. The number of benzene rings is 3. The maximum atomic E-state index is 13.4. The first-order valence-corrected chi connectivity index (χ1v) is 11.8. The number of amides is 1. The van der Waals surface area contributed by atoms with Gasteiger partial charge >= 0.3 is 5.91 Å². The normalized spacial score (nSPS) is 17.2. The Kier molecular flexibility index (Phi) is 5.92. The molecule has 1 fully saturated rings. The van der Waals surface area contributed by atoms with E-state index >= 15 is 0 Å². The van der Waals surface area contributed by atoms with Gasteiger partial charge in [-0.2, -0.15) is 0 Å². The average molecular weight is 507 g/mol. The fourth-order valence-corrected chi connectivity index (χ4v) is 5.29. The van der Waals surface area contributed by atoms with Gasteiger partial charge in [0.1, 0.15) is 17.3 Å². The van der Waals surface area contributed by atoms with Crippen molar-refractivity contribution >= 4 is 55.7 Å². The number of Topliss-reactive ketones (excluding diaryl/α,β-unsaturated/α-hetero) is 1. The number of carbonyl (C=O) groups is 2. The summed E-state index contributed by atoms with van der Waals surface area (Å²) in [5.41, 5.74) is 1.52. The van der Waals surface area contributed by atoms with Crippen LogP contribution in [0.1, 0.15) is 17.2 Å². The van der Waals surface area contributed by atoms with Gasteiger partial charge in [0.2, 0.25) is 0 Å². The summed E-state index contributed by atoms with van der Waals surface area (Å²) in [6.07, 6.45) is 0. The van der Waals surface area contributed by atoms with Gasteiger partial charge in [0.25, 0.3) is 5.78 Å². The summed E-state index contributed by atoms with van der Waals surface area (Å²) in [4.78, 5) is 32.6. The van der Waals surface area contributed by atoms with Crippen LogP contribution in [-0.4, -0.2) is 36.0 Å². The van der Waals surface area contributed by atoms with Crippen LogP contribution < -0.4 is 14.4 Å². The van der Waals surface area contributed by atoms with E-state index in [-0.39, 0.29) is 11.3 Å². The number of aliphatic hydroxyl groups is 1. The standard InChI is InChI=1S/C26H19ClN2O5S/c1-33-17-8-4-6-15(12-17)23(30)21-22(14-5-3-7-16(27)11-14)29(25(32)24(21)31)26-28-19-10-9-18(34-2)13-20(19)35-26/h3-13,22,30H,1-2H3/b23-21+. The Morgan fingerprint density at radius 2 is 1.74 bits per heavy atom. The molecular formula is C26H19ClN2O5S. The van der Waals surface area contributed by atoms with Gasteiger partial charge in [-0.05, 0) is 48.0 Å². The number of nitrogens with zero attached hydrogens (tertiary/aromatic N) is 2. The van der Waals surface area contributed by atoms with E-state index in [1.54, 1.807) is 67.8 Å². The van der Waals surface area contributed by atoms with Gasteiger partial charge in [-0.25, -0.2) is 4.98 Å². The predicted octanol–water partition coefficient (Wildman–Crippen LogP) is 5.59. The molecule has 1 saturated heterocycles. The molecule has 1 unspecified atom stereocenters. The number of anilines is 1. The summed E-state index contributed by atoms with van der Waals surface area (Å²) in [7, 11) is 3.07. The van der Waals surface area contributed by atoms with E-state index in [1.165, 1.54) is 23.3 Å². The number of halogens is 1. The van der Waals surface area contributed by atoms with Gasteiger partial charge in [-0.1, -0.05) is 47.2 Å². The molecule has 5 rings (SSSR count). The van der Waals surface area contributed by atoms with Crippen LogP contribution in [0, 0.1) is 0 Å². The Balaban J connectivity index is 1.72. The summed E-state index contributed by atoms with van der Waals surface area (Å²) in [5, 5.41) is 12.0. The second-order valence-electron chi connectivity index (χ2n) is 7.79. The molecule has 4 aromatic rings. The molecular weight excluding hydrogens is 488 g/mol. The zero-order chi connectivity index (χ0) is 24.7. The molecule has 1 aliphatic heterocycles. The smallest absolute Gasteiger partial charge is 0.301 e. The highest BCUT2D eigenvalue weighted by Crippen LogP contribution is 2.45. The lowest BCUT2D eigenvalue weighted by Crippen LogP contribution is -2.29. The number of fused-ring (bicyclic) bond motifs is 1. The summed E-state index contributed by atoms with van der Waals surface area (Å²) in [6.45, 7) is 0. The molecule has 0 radical (unpaired) electrons. The lowest BCUT2D eigenvalue weighted by Gasteiger charge is -2.23. The largest absolute Gasteiger partial charge is 0.507 e. The van der Waals surface area contributed by atoms with E-state index in [2.05, 4.69) is 4.98 Å². The molecule has 0 bridgehead atoms. The summed E-state index contributed by atoms with van der Waals surface area (Å²) in [5.74, 6) is -0.753. The third-order valence-corrected chi connectivity index (χ3v) is 6.99. The third kappa shape index (κ3) is 4.00. The van der Waals surface area contributed by atoms with Crippen molar-refractivity contribution in [2.45, 2.75) is 6.04 Å². The lowest BCUT2D eigenvalue weighted by atomic mass is 9.95. The SMILES string of the molecule is COc1cccc(/C(O)=C2\C(=O)C(=O)N(c3nc4ccc(OC)cc4s3)C2c2cccc(Cl)c2)c1. The summed E-state index contributed by atoms with van der Waals surface area (Å²) >= 11 is 7.51. The Bertz CT molecular complexity index is 1510. The van der Waals surface area contributed by atoms with Crippen molar-refractivity contribution in [3.63, 3.8) is 0 Å². The van der Waals surface area contributed by atoms with Crippen molar-refractivity contribution in [2.24, 2.45) is 0 Å². The number of thiazole rings is 1. The quantitative estimate of drug-likeness (QED) is 0.215. The molecule has 1 aromatic heterocycles. The first-order chi connectivity index (χ1) is 16.9. The van der Waals surface area contributed by atoms with E-state index in [0.717, 1.165) is 4.70 Å². The Labute approximate surface area is 209 Å². The molecule has 1 N–H and O–H groups in total. The summed E-state index contributed by atoms with van der Waals surface area (Å²) < 4.78 is 11.3. The molecule has 0 spiro atoms. The Morgan fingerprint density at radius 1 is 1.00 bits per heavy atom. The highest BCUT2D eigenvalue weighted by atomic mass is 35.5. The third-order valence-electron chi connectivity index (χ3n) is 5.74. The van der Waals surface area contributed by atoms with Crippen LogP contribution >= 0.6 is 22.9 Å². The van der Waals surface area contributed by atoms with Crippen molar-refractivity contribution in [3.8, 4) is 11.5 Å². The van der Waals surface area contributed by atoms with E-state index in [0.29, 0.717) is 38.3 Å². The maximum absolute atomic E-state index is 13.4. The molecule has 7 nitrogen and oxygen atoms in total. The van der Waals surface area contributed by atoms with Crippen LogP contribution in [0.15, 0.2) is 72.3 Å². The minimum absolute atomic E-state index is 0.0534. The van der Waals surface area contributed by atoms with E-state index in [4.69, 9.17) is 21.1 Å². The van der Waals surface area contributed by atoms with Crippen LogP contribution in [0.4, 0.5) is 5.13 Å². The molecule has 2 heterocycles. The number of carbonyl (C=O) groups excluding carboxylic acids is 2. The fourth-order valence-electron chi connectivity index (χ4n) is 4.07. The number of hydrogen-bond acceptors (Lipinski definition) is 7. The number of hydrogen-bond donors (Lipinski definition) is 1. The van der Waals surface area contributed by atoms with E-state index in [9.17, 15) is 14.7 Å². The highest BCUT2D eigenvalue weighted by molar-refractivity contribution is 7.22. The first-order valence-electron chi connectivity index (χ1n) is 10.6. The lowest BCUT2D eigenvalue weighted by molar-refractivity contribution is -0.132. The number of aromatic nitrogens is 1.